The number of halogens is 2. The molecule has 214 valence electrons. The number of piperidine rings is 2. The first-order chi connectivity index (χ1) is 19.7. The van der Waals surface area contributed by atoms with Gasteiger partial charge in [0.25, 0.3) is 0 Å². The van der Waals surface area contributed by atoms with Crippen molar-refractivity contribution in [1.82, 2.24) is 29.4 Å². The molecule has 3 aromatic heterocycles. The topological polar surface area (TPSA) is 132 Å². The van der Waals surface area contributed by atoms with Crippen LogP contribution in [-0.4, -0.2) is 66.5 Å². The Morgan fingerprint density at radius 2 is 1.93 bits per heavy atom. The average molecular weight is 562 g/mol. The smallest absolute Gasteiger partial charge is 0.244 e. The Morgan fingerprint density at radius 1 is 1.07 bits per heavy atom. The van der Waals surface area contributed by atoms with E-state index in [9.17, 15) is 13.6 Å². The maximum Gasteiger partial charge on any atom is 0.244 e. The van der Waals surface area contributed by atoms with Crippen LogP contribution in [0.25, 0.3) is 22.4 Å². The van der Waals surface area contributed by atoms with Crippen LogP contribution >= 0.6 is 0 Å². The lowest BCUT2D eigenvalue weighted by molar-refractivity contribution is -0.140. The van der Waals surface area contributed by atoms with E-state index in [0.29, 0.717) is 48.5 Å². The van der Waals surface area contributed by atoms with Crippen LogP contribution in [0, 0.1) is 11.6 Å². The summed E-state index contributed by atoms with van der Waals surface area (Å²) < 4.78 is 29.6. The summed E-state index contributed by atoms with van der Waals surface area (Å²) in [7, 11) is 0. The number of rotatable bonds is 5. The summed E-state index contributed by atoms with van der Waals surface area (Å²) in [4.78, 5) is 35.2. The van der Waals surface area contributed by atoms with Crippen LogP contribution in [0.5, 0.6) is 0 Å². The molecular formula is C29H33F2N9O. The van der Waals surface area contributed by atoms with Gasteiger partial charge in [0.05, 0.1) is 30.5 Å². The van der Waals surface area contributed by atoms with Crippen molar-refractivity contribution < 1.29 is 13.6 Å². The number of carbonyl (C=O) groups excluding carboxylic acids is 1. The molecule has 6 rings (SSSR count). The molecule has 2 fully saturated rings. The number of amides is 1. The molecule has 0 saturated carbocycles. The van der Waals surface area contributed by atoms with E-state index in [2.05, 4.69) is 31.8 Å². The van der Waals surface area contributed by atoms with Gasteiger partial charge in [-0.3, -0.25) is 9.78 Å². The number of hydrogen-bond donors (Lipinski definition) is 2. The highest BCUT2D eigenvalue weighted by Gasteiger charge is 2.43. The number of fused-ring (bicyclic) bond motifs is 1. The van der Waals surface area contributed by atoms with Crippen LogP contribution in [0.4, 0.5) is 20.3 Å². The van der Waals surface area contributed by atoms with Crippen LogP contribution in [0.2, 0.25) is 0 Å². The first-order valence-electron chi connectivity index (χ1n) is 13.9. The van der Waals surface area contributed by atoms with E-state index in [0.717, 1.165) is 55.6 Å². The average Bonchev–Trinajstić information content (AvgIpc) is 3.38. The van der Waals surface area contributed by atoms with Gasteiger partial charge in [0, 0.05) is 31.2 Å². The number of pyridine rings is 1. The summed E-state index contributed by atoms with van der Waals surface area (Å²) in [6, 6.07) is 5.73. The molecule has 2 unspecified atom stereocenters. The zero-order valence-electron chi connectivity index (χ0n) is 22.9. The Labute approximate surface area is 236 Å². The highest BCUT2D eigenvalue weighted by Crippen LogP contribution is 2.33. The zero-order valence-corrected chi connectivity index (χ0v) is 22.9. The van der Waals surface area contributed by atoms with E-state index in [1.807, 2.05) is 15.5 Å². The van der Waals surface area contributed by atoms with Crippen molar-refractivity contribution in [1.29, 1.82) is 0 Å². The molecule has 0 radical (unpaired) electrons. The highest BCUT2D eigenvalue weighted by molar-refractivity contribution is 5.88. The van der Waals surface area contributed by atoms with Crippen LogP contribution in [0.1, 0.15) is 44.6 Å². The van der Waals surface area contributed by atoms with Gasteiger partial charge in [-0.2, -0.15) is 0 Å². The van der Waals surface area contributed by atoms with E-state index >= 15 is 0 Å². The minimum Gasteiger partial charge on any atom is -0.382 e. The van der Waals surface area contributed by atoms with Crippen LogP contribution in [-0.2, 0) is 11.3 Å². The summed E-state index contributed by atoms with van der Waals surface area (Å²) >= 11 is 0. The summed E-state index contributed by atoms with van der Waals surface area (Å²) in [5, 5.41) is 0. The van der Waals surface area contributed by atoms with Gasteiger partial charge < -0.3 is 25.8 Å². The van der Waals surface area contributed by atoms with Crippen molar-refractivity contribution in [3.8, 4) is 11.3 Å². The van der Waals surface area contributed by atoms with Crippen LogP contribution in [0.3, 0.4) is 0 Å². The second kappa shape index (κ2) is 10.7. The third-order valence-corrected chi connectivity index (χ3v) is 8.31. The molecule has 0 spiro atoms. The second-order valence-electron chi connectivity index (χ2n) is 11.2. The van der Waals surface area contributed by atoms with E-state index in [1.54, 1.807) is 12.5 Å². The third kappa shape index (κ3) is 5.08. The fraction of sp³-hybridized carbons (Fsp3) is 0.414. The van der Waals surface area contributed by atoms with Gasteiger partial charge in [-0.25, -0.2) is 23.7 Å². The van der Waals surface area contributed by atoms with Gasteiger partial charge in [-0.1, -0.05) is 0 Å². The van der Waals surface area contributed by atoms with Gasteiger partial charge >= 0.3 is 0 Å². The lowest BCUT2D eigenvalue weighted by atomic mass is 9.86. The zero-order chi connectivity index (χ0) is 28.7. The monoisotopic (exact) mass is 561 g/mol. The van der Waals surface area contributed by atoms with Gasteiger partial charge in [-0.05, 0) is 68.9 Å². The van der Waals surface area contributed by atoms with Gasteiger partial charge in [-0.15, -0.1) is 0 Å². The predicted octanol–water partition coefficient (Wildman–Crippen LogP) is 3.50. The number of hydrogen-bond acceptors (Lipinski definition) is 8. The molecule has 0 bridgehead atoms. The Hall–Kier alpha value is -4.19. The number of nitrogens with zero attached hydrogens (tertiary/aromatic N) is 7. The second-order valence-corrected chi connectivity index (χ2v) is 11.2. The molecule has 41 heavy (non-hydrogen) atoms. The minimum atomic E-state index is -1.02. The van der Waals surface area contributed by atoms with Crippen molar-refractivity contribution in [2.24, 2.45) is 5.73 Å². The lowest BCUT2D eigenvalue weighted by Crippen LogP contribution is -2.65. The molecule has 2 atom stereocenters. The molecule has 4 aromatic rings. The SMILES string of the molecule is CC1CCCCN1C(=O)C1(N)CCCN(c2cnc(-c3ccc(F)c(F)c3)cc2Cn2cnc3c(N)ncnc32)C1. The standard InChI is InChI=1S/C29H33F2N9O/c1-18-5-2-3-10-40(18)28(41)29(33)8-4-9-38(15-29)24-13-34-23(19-6-7-21(30)22(31)11-19)12-20(24)14-39-17-37-25-26(32)35-16-36-27(25)39/h6-7,11-13,16-18H,2-5,8-10,14-15,33H2,1H3,(H2,32,35,36). The highest BCUT2D eigenvalue weighted by atomic mass is 19.2. The van der Waals surface area contributed by atoms with E-state index < -0.39 is 17.2 Å². The van der Waals surface area contributed by atoms with Crippen LogP contribution < -0.4 is 16.4 Å². The molecule has 12 heteroatoms. The number of nitrogens with two attached hydrogens (primary N) is 2. The third-order valence-electron chi connectivity index (χ3n) is 8.31. The van der Waals surface area contributed by atoms with Crippen molar-refractivity contribution in [3.05, 3.63) is 60.3 Å². The number of nitrogen functional groups attached to an aromatic ring is 1. The van der Waals surface area contributed by atoms with Gasteiger partial charge in [0.2, 0.25) is 5.91 Å². The molecule has 2 aliphatic rings. The quantitative estimate of drug-likeness (QED) is 0.379. The molecule has 10 nitrogen and oxygen atoms in total. The van der Waals surface area contributed by atoms with E-state index in [-0.39, 0.29) is 17.8 Å². The molecular weight excluding hydrogens is 528 g/mol. The largest absolute Gasteiger partial charge is 0.382 e. The molecule has 5 heterocycles. The Morgan fingerprint density at radius 3 is 2.73 bits per heavy atom. The minimum absolute atomic E-state index is 0.00454. The molecule has 4 N–H and O–H groups in total. The lowest BCUT2D eigenvalue weighted by Gasteiger charge is -2.45. The number of imidazole rings is 1. The first kappa shape index (κ1) is 27.0. The van der Waals surface area contributed by atoms with Crippen LogP contribution in [0.15, 0.2) is 43.1 Å². The predicted molar refractivity (Wildman–Crippen MR) is 152 cm³/mol. The molecule has 1 amide bonds. The summed E-state index contributed by atoms with van der Waals surface area (Å²) in [6.07, 6.45) is 9.18. The summed E-state index contributed by atoms with van der Waals surface area (Å²) in [6.45, 7) is 4.20. The van der Waals surface area contributed by atoms with Crippen molar-refractivity contribution in [2.75, 3.05) is 30.3 Å². The normalized spacial score (nSPS) is 21.4. The molecule has 1 aromatic carbocycles. The maximum absolute atomic E-state index is 14.1. The molecule has 2 aliphatic heterocycles. The van der Waals surface area contributed by atoms with E-state index in [1.165, 1.54) is 12.4 Å². The fourth-order valence-corrected chi connectivity index (χ4v) is 6.06. The number of anilines is 2. The summed E-state index contributed by atoms with van der Waals surface area (Å²) in [5.74, 6) is -1.60. The van der Waals surface area contributed by atoms with Gasteiger partial charge in [0.1, 0.15) is 17.4 Å². The van der Waals surface area contributed by atoms with Gasteiger partial charge in [0.15, 0.2) is 23.1 Å². The number of carbonyl (C=O) groups is 1. The van der Waals surface area contributed by atoms with E-state index in [4.69, 9.17) is 11.5 Å². The molecule has 0 aliphatic carbocycles. The number of likely N-dealkylation sites (tertiary alicyclic amines) is 1. The van der Waals surface area contributed by atoms with Crippen molar-refractivity contribution in [2.45, 2.75) is 57.2 Å². The Kier molecular flexibility index (Phi) is 7.02. The Balaban J connectivity index is 1.38. The Bertz CT molecular complexity index is 1610. The first-order valence-corrected chi connectivity index (χ1v) is 13.9. The summed E-state index contributed by atoms with van der Waals surface area (Å²) in [5.41, 5.74) is 15.5. The van der Waals surface area contributed by atoms with Crippen molar-refractivity contribution >= 4 is 28.6 Å². The number of benzene rings is 1. The molecule has 2 saturated heterocycles. The fourth-order valence-electron chi connectivity index (χ4n) is 6.06. The van der Waals surface area contributed by atoms with Crippen molar-refractivity contribution in [3.63, 3.8) is 0 Å². The maximum atomic E-state index is 14.1. The number of aromatic nitrogens is 5.